The van der Waals surface area contributed by atoms with Crippen LogP contribution in [0.25, 0.3) is 28.1 Å². The first-order valence-electron chi connectivity index (χ1n) is 7.23. The van der Waals surface area contributed by atoms with Gasteiger partial charge in [0, 0.05) is 22.8 Å². The van der Waals surface area contributed by atoms with Crippen LogP contribution in [-0.2, 0) is 6.42 Å². The monoisotopic (exact) mass is 276 g/mol. The van der Waals surface area contributed by atoms with Gasteiger partial charge in [-0.3, -0.25) is 0 Å². The first kappa shape index (κ1) is 12.2. The highest BCUT2D eigenvalue weighted by molar-refractivity contribution is 5.87. The highest BCUT2D eigenvalue weighted by Gasteiger charge is 2.17. The van der Waals surface area contributed by atoms with E-state index in [0.717, 1.165) is 29.1 Å². The van der Waals surface area contributed by atoms with E-state index < -0.39 is 0 Å². The van der Waals surface area contributed by atoms with E-state index in [-0.39, 0.29) is 0 Å². The van der Waals surface area contributed by atoms with Gasteiger partial charge in [-0.15, -0.1) is 0 Å². The van der Waals surface area contributed by atoms with E-state index in [9.17, 15) is 0 Å². The number of aromatic nitrogens is 2. The zero-order valence-corrected chi connectivity index (χ0v) is 12.1. The second kappa shape index (κ2) is 4.48. The minimum atomic E-state index is 0.891. The fourth-order valence-corrected chi connectivity index (χ4v) is 2.91. The molecule has 4 aromatic rings. The van der Waals surface area contributed by atoms with Crippen molar-refractivity contribution in [3.8, 4) is 11.5 Å². The summed E-state index contributed by atoms with van der Waals surface area (Å²) in [6.45, 7) is 4.24. The summed E-state index contributed by atoms with van der Waals surface area (Å²) in [6, 6.07) is 14.3. The van der Waals surface area contributed by atoms with Crippen LogP contribution < -0.4 is 0 Å². The third kappa shape index (κ3) is 1.77. The number of imidazole rings is 1. The Hall–Kier alpha value is -2.55. The normalized spacial score (nSPS) is 11.5. The van der Waals surface area contributed by atoms with Crippen molar-refractivity contribution in [1.29, 1.82) is 0 Å². The summed E-state index contributed by atoms with van der Waals surface area (Å²) in [5.74, 6) is 0.891. The van der Waals surface area contributed by atoms with Crippen molar-refractivity contribution < 1.29 is 4.42 Å². The topological polar surface area (TPSA) is 30.4 Å². The van der Waals surface area contributed by atoms with Gasteiger partial charge in [-0.05, 0) is 31.5 Å². The number of aryl methyl sites for hydroxylation is 2. The number of para-hydroxylation sites is 1. The molecule has 0 saturated carbocycles. The van der Waals surface area contributed by atoms with Crippen LogP contribution in [-0.4, -0.2) is 9.38 Å². The number of furan rings is 1. The van der Waals surface area contributed by atoms with E-state index >= 15 is 0 Å². The van der Waals surface area contributed by atoms with E-state index in [0.29, 0.717) is 0 Å². The van der Waals surface area contributed by atoms with Crippen molar-refractivity contribution in [2.45, 2.75) is 20.3 Å². The number of benzene rings is 1. The predicted molar refractivity (Wildman–Crippen MR) is 84.5 cm³/mol. The maximum absolute atomic E-state index is 6.07. The Morgan fingerprint density at radius 1 is 1.10 bits per heavy atom. The maximum atomic E-state index is 6.07. The lowest BCUT2D eigenvalue weighted by Gasteiger charge is -1.96. The van der Waals surface area contributed by atoms with Gasteiger partial charge >= 0.3 is 0 Å². The number of fused-ring (bicyclic) bond motifs is 2. The van der Waals surface area contributed by atoms with Crippen LogP contribution in [0.1, 0.15) is 18.2 Å². The Bertz CT molecular complexity index is 946. The average molecular weight is 276 g/mol. The molecule has 1 aromatic carbocycles. The molecule has 3 aromatic heterocycles. The van der Waals surface area contributed by atoms with Crippen molar-refractivity contribution in [2.24, 2.45) is 0 Å². The Balaban J connectivity index is 2.01. The van der Waals surface area contributed by atoms with Gasteiger partial charge < -0.3 is 8.82 Å². The van der Waals surface area contributed by atoms with Crippen LogP contribution in [0.15, 0.2) is 53.1 Å². The van der Waals surface area contributed by atoms with Gasteiger partial charge in [-0.2, -0.15) is 0 Å². The Labute approximate surface area is 122 Å². The summed E-state index contributed by atoms with van der Waals surface area (Å²) in [6.07, 6.45) is 2.99. The van der Waals surface area contributed by atoms with Crippen molar-refractivity contribution >= 4 is 16.6 Å². The van der Waals surface area contributed by atoms with Crippen LogP contribution in [0.4, 0.5) is 0 Å². The lowest BCUT2D eigenvalue weighted by Crippen LogP contribution is -1.86. The second-order valence-corrected chi connectivity index (χ2v) is 5.28. The van der Waals surface area contributed by atoms with Crippen LogP contribution in [0, 0.1) is 6.92 Å². The Morgan fingerprint density at radius 2 is 1.95 bits per heavy atom. The highest BCUT2D eigenvalue weighted by Crippen LogP contribution is 2.33. The molecule has 0 unspecified atom stereocenters. The minimum absolute atomic E-state index is 0.891. The zero-order valence-electron chi connectivity index (χ0n) is 12.1. The summed E-state index contributed by atoms with van der Waals surface area (Å²) in [5.41, 5.74) is 5.18. The minimum Gasteiger partial charge on any atom is -0.454 e. The van der Waals surface area contributed by atoms with Gasteiger partial charge in [0.25, 0.3) is 0 Å². The molecule has 3 heteroatoms. The molecule has 0 bridgehead atoms. The Kier molecular flexibility index (Phi) is 2.61. The molecule has 4 rings (SSSR count). The summed E-state index contributed by atoms with van der Waals surface area (Å²) in [7, 11) is 0. The van der Waals surface area contributed by atoms with E-state index in [1.807, 2.05) is 24.3 Å². The third-order valence-corrected chi connectivity index (χ3v) is 3.98. The lowest BCUT2D eigenvalue weighted by atomic mass is 10.1. The van der Waals surface area contributed by atoms with Crippen LogP contribution in [0.5, 0.6) is 0 Å². The SMILES string of the molecule is CCc1c(-c2cn3c(C)cccc3n2)oc2ccccc12. The van der Waals surface area contributed by atoms with Crippen LogP contribution in [0.2, 0.25) is 0 Å². The predicted octanol–water partition coefficient (Wildman–Crippen LogP) is 4.62. The first-order chi connectivity index (χ1) is 10.3. The fourth-order valence-electron chi connectivity index (χ4n) is 2.91. The highest BCUT2D eigenvalue weighted by atomic mass is 16.3. The molecule has 0 aliphatic rings. The van der Waals surface area contributed by atoms with Gasteiger partial charge in [0.2, 0.25) is 0 Å². The standard InChI is InChI=1S/C18H16N2O/c1-3-13-14-8-4-5-9-16(14)21-18(13)15-11-20-12(2)7-6-10-17(20)19-15/h4-11H,3H2,1-2H3. The molecule has 0 N–H and O–H groups in total. The number of hydrogen-bond acceptors (Lipinski definition) is 2. The molecule has 0 aliphatic heterocycles. The molecule has 0 spiro atoms. The molecule has 0 amide bonds. The van der Waals surface area contributed by atoms with Gasteiger partial charge in [-0.25, -0.2) is 4.98 Å². The largest absolute Gasteiger partial charge is 0.454 e. The van der Waals surface area contributed by atoms with Crippen molar-refractivity contribution in [2.75, 3.05) is 0 Å². The van der Waals surface area contributed by atoms with Gasteiger partial charge in [0.1, 0.15) is 16.9 Å². The average Bonchev–Trinajstić information content (AvgIpc) is 3.08. The first-order valence-corrected chi connectivity index (χ1v) is 7.23. The number of rotatable bonds is 2. The molecule has 0 fully saturated rings. The molecule has 0 aliphatic carbocycles. The fraction of sp³-hybridized carbons (Fsp3) is 0.167. The van der Waals surface area contributed by atoms with Crippen molar-refractivity contribution in [3.63, 3.8) is 0 Å². The van der Waals surface area contributed by atoms with Crippen molar-refractivity contribution in [3.05, 3.63) is 59.9 Å². The molecular weight excluding hydrogens is 260 g/mol. The second-order valence-electron chi connectivity index (χ2n) is 5.28. The molecule has 21 heavy (non-hydrogen) atoms. The van der Waals surface area contributed by atoms with Crippen LogP contribution in [0.3, 0.4) is 0 Å². The Morgan fingerprint density at radius 3 is 2.76 bits per heavy atom. The lowest BCUT2D eigenvalue weighted by molar-refractivity contribution is 0.625. The van der Waals surface area contributed by atoms with E-state index in [1.54, 1.807) is 0 Å². The van der Waals surface area contributed by atoms with Gasteiger partial charge in [0.05, 0.1) is 0 Å². The third-order valence-electron chi connectivity index (χ3n) is 3.98. The summed E-state index contributed by atoms with van der Waals surface area (Å²) >= 11 is 0. The molecule has 0 radical (unpaired) electrons. The molecular formula is C18H16N2O. The number of hydrogen-bond donors (Lipinski definition) is 0. The molecule has 3 nitrogen and oxygen atoms in total. The smallest absolute Gasteiger partial charge is 0.158 e. The number of nitrogens with zero attached hydrogens (tertiary/aromatic N) is 2. The van der Waals surface area contributed by atoms with E-state index in [4.69, 9.17) is 9.40 Å². The quantitative estimate of drug-likeness (QED) is 0.535. The van der Waals surface area contributed by atoms with Crippen LogP contribution >= 0.6 is 0 Å². The summed E-state index contributed by atoms with van der Waals surface area (Å²) in [5, 5.41) is 1.18. The van der Waals surface area contributed by atoms with E-state index in [1.165, 1.54) is 16.6 Å². The zero-order chi connectivity index (χ0) is 14.4. The maximum Gasteiger partial charge on any atom is 0.158 e. The number of pyridine rings is 1. The molecule has 0 atom stereocenters. The summed E-state index contributed by atoms with van der Waals surface area (Å²) in [4.78, 5) is 4.72. The molecule has 104 valence electrons. The van der Waals surface area contributed by atoms with Gasteiger partial charge in [-0.1, -0.05) is 31.2 Å². The van der Waals surface area contributed by atoms with Gasteiger partial charge in [0.15, 0.2) is 5.76 Å². The molecule has 0 saturated heterocycles. The summed E-state index contributed by atoms with van der Waals surface area (Å²) < 4.78 is 8.17. The van der Waals surface area contributed by atoms with Crippen molar-refractivity contribution in [1.82, 2.24) is 9.38 Å². The van der Waals surface area contributed by atoms with E-state index in [2.05, 4.69) is 42.6 Å². The molecule has 3 heterocycles.